The van der Waals surface area contributed by atoms with E-state index in [1.165, 1.54) is 12.2 Å². The zero-order chi connectivity index (χ0) is 15.7. The number of carbonyl (C=O) groups excluding carboxylic acids is 2. The van der Waals surface area contributed by atoms with E-state index in [0.717, 1.165) is 23.7 Å². The molecule has 0 radical (unpaired) electrons. The summed E-state index contributed by atoms with van der Waals surface area (Å²) in [5.74, 6) is 0.362. The van der Waals surface area contributed by atoms with Crippen LogP contribution >= 0.6 is 0 Å². The second-order valence-electron chi connectivity index (χ2n) is 6.23. The molecule has 0 amide bonds. The second-order valence-corrected chi connectivity index (χ2v) is 6.23. The minimum atomic E-state index is -0.797. The van der Waals surface area contributed by atoms with Crippen molar-refractivity contribution in [1.82, 2.24) is 0 Å². The molecule has 0 aromatic heterocycles. The number of aliphatic hydroxyl groups excluding tert-OH is 2. The molecule has 0 saturated carbocycles. The van der Waals surface area contributed by atoms with Gasteiger partial charge in [-0.05, 0) is 56.4 Å². The van der Waals surface area contributed by atoms with Gasteiger partial charge in [-0.1, -0.05) is 12.2 Å². The molecule has 2 rings (SSSR count). The molecule has 2 aliphatic rings. The van der Waals surface area contributed by atoms with Crippen molar-refractivity contribution in [3.05, 3.63) is 47.0 Å². The van der Waals surface area contributed by atoms with Crippen molar-refractivity contribution in [3.8, 4) is 0 Å². The van der Waals surface area contributed by atoms with Crippen molar-refractivity contribution in [3.63, 3.8) is 0 Å². The molecule has 0 bridgehead atoms. The normalized spacial score (nSPS) is 32.5. The Labute approximate surface area is 124 Å². The summed E-state index contributed by atoms with van der Waals surface area (Å²) in [4.78, 5) is 23.3. The number of carbonyl (C=O) groups is 2. The topological polar surface area (TPSA) is 74.6 Å². The van der Waals surface area contributed by atoms with E-state index in [-0.39, 0.29) is 11.5 Å². The molecule has 21 heavy (non-hydrogen) atoms. The first-order chi connectivity index (χ1) is 9.85. The molecule has 4 heteroatoms. The summed E-state index contributed by atoms with van der Waals surface area (Å²) < 4.78 is 0. The van der Waals surface area contributed by atoms with Crippen molar-refractivity contribution in [2.75, 3.05) is 0 Å². The molecule has 0 aromatic rings. The van der Waals surface area contributed by atoms with Gasteiger partial charge in [0.2, 0.25) is 0 Å². The highest BCUT2D eigenvalue weighted by atomic mass is 16.3. The van der Waals surface area contributed by atoms with Crippen LogP contribution in [0.3, 0.4) is 0 Å². The van der Waals surface area contributed by atoms with Gasteiger partial charge in [0.1, 0.15) is 24.1 Å². The van der Waals surface area contributed by atoms with Gasteiger partial charge in [0, 0.05) is 10.8 Å². The fourth-order valence-electron chi connectivity index (χ4n) is 3.16. The number of hydrogen-bond acceptors (Lipinski definition) is 4. The first-order valence-corrected chi connectivity index (χ1v) is 6.94. The number of rotatable bonds is 4. The van der Waals surface area contributed by atoms with E-state index in [1.54, 1.807) is 26.0 Å². The Bertz CT molecular complexity index is 542. The molecule has 0 fully saturated rings. The predicted molar refractivity (Wildman–Crippen MR) is 79.8 cm³/mol. The molecular weight excluding hydrogens is 268 g/mol. The van der Waals surface area contributed by atoms with E-state index in [4.69, 9.17) is 0 Å². The van der Waals surface area contributed by atoms with Gasteiger partial charge in [-0.3, -0.25) is 0 Å². The Morgan fingerprint density at radius 1 is 0.952 bits per heavy atom. The minimum absolute atomic E-state index is 0.181. The lowest BCUT2D eigenvalue weighted by Crippen LogP contribution is -2.34. The van der Waals surface area contributed by atoms with E-state index >= 15 is 0 Å². The molecule has 2 N–H and O–H groups in total. The van der Waals surface area contributed by atoms with Crippen molar-refractivity contribution < 1.29 is 19.8 Å². The largest absolute Gasteiger partial charge is 0.508 e. The number of aldehydes is 2. The lowest BCUT2D eigenvalue weighted by Gasteiger charge is -2.37. The monoisotopic (exact) mass is 288 g/mol. The summed E-state index contributed by atoms with van der Waals surface area (Å²) in [5.41, 5.74) is -0.120. The van der Waals surface area contributed by atoms with Crippen molar-refractivity contribution in [2.24, 2.45) is 10.8 Å². The molecule has 0 aliphatic heterocycles. The van der Waals surface area contributed by atoms with E-state index in [1.807, 2.05) is 0 Å². The second kappa shape index (κ2) is 5.35. The van der Waals surface area contributed by atoms with E-state index in [0.29, 0.717) is 19.3 Å². The highest BCUT2D eigenvalue weighted by Crippen LogP contribution is 2.45. The Kier molecular flexibility index (Phi) is 3.90. The van der Waals surface area contributed by atoms with Gasteiger partial charge >= 0.3 is 0 Å². The molecule has 2 atom stereocenters. The predicted octanol–water partition coefficient (Wildman–Crippen LogP) is 3.33. The minimum Gasteiger partial charge on any atom is -0.508 e. The van der Waals surface area contributed by atoms with Crippen LogP contribution in [-0.2, 0) is 9.59 Å². The highest BCUT2D eigenvalue weighted by molar-refractivity contribution is 5.70. The lowest BCUT2D eigenvalue weighted by molar-refractivity contribution is -0.119. The van der Waals surface area contributed by atoms with E-state index in [9.17, 15) is 19.8 Å². The van der Waals surface area contributed by atoms with Gasteiger partial charge in [0.05, 0.1) is 0 Å². The highest BCUT2D eigenvalue weighted by Gasteiger charge is 2.41. The maximum absolute atomic E-state index is 11.7. The Morgan fingerprint density at radius 3 is 1.62 bits per heavy atom. The molecule has 0 spiro atoms. The zero-order valence-corrected chi connectivity index (χ0v) is 12.3. The maximum Gasteiger partial charge on any atom is 0.130 e. The number of allylic oxidation sites excluding steroid dienone is 6. The quantitative estimate of drug-likeness (QED) is 0.778. The summed E-state index contributed by atoms with van der Waals surface area (Å²) in [7, 11) is 0. The maximum atomic E-state index is 11.7. The summed E-state index contributed by atoms with van der Waals surface area (Å²) in [6.45, 7) is 3.55. The Hall–Kier alpha value is -2.10. The van der Waals surface area contributed by atoms with E-state index in [2.05, 4.69) is 0 Å². The Morgan fingerprint density at radius 2 is 1.33 bits per heavy atom. The zero-order valence-electron chi connectivity index (χ0n) is 12.3. The fourth-order valence-corrected chi connectivity index (χ4v) is 3.16. The summed E-state index contributed by atoms with van der Waals surface area (Å²) in [5, 5.41) is 19.3. The smallest absolute Gasteiger partial charge is 0.130 e. The molecule has 2 unspecified atom stereocenters. The average molecular weight is 288 g/mol. The van der Waals surface area contributed by atoms with Crippen LogP contribution in [0.2, 0.25) is 0 Å². The molecule has 4 nitrogen and oxygen atoms in total. The summed E-state index contributed by atoms with van der Waals surface area (Å²) in [6, 6.07) is 0. The third-order valence-corrected chi connectivity index (χ3v) is 4.34. The molecule has 0 saturated heterocycles. The first kappa shape index (κ1) is 15.3. The van der Waals surface area contributed by atoms with Crippen LogP contribution < -0.4 is 0 Å². The van der Waals surface area contributed by atoms with Gasteiger partial charge in [0.15, 0.2) is 0 Å². The summed E-state index contributed by atoms with van der Waals surface area (Å²) >= 11 is 0. The Balaban J connectivity index is 2.31. The van der Waals surface area contributed by atoms with Crippen LogP contribution in [0.4, 0.5) is 0 Å². The van der Waals surface area contributed by atoms with Gasteiger partial charge < -0.3 is 19.8 Å². The standard InChI is InChI=1S/C17H20O4/c1-12-7-16(10-18,5-3-14(12)20)9-17(11-19)6-4-15(21)13(2)8-17/h3-6,10-11,20-21H,7-9H2,1-2H3. The average Bonchev–Trinajstić information content (AvgIpc) is 2.47. The van der Waals surface area contributed by atoms with Crippen LogP contribution in [-0.4, -0.2) is 22.8 Å². The van der Waals surface area contributed by atoms with Crippen LogP contribution in [0.5, 0.6) is 0 Å². The number of hydrogen-bond donors (Lipinski definition) is 2. The van der Waals surface area contributed by atoms with Crippen LogP contribution in [0.25, 0.3) is 0 Å². The fraction of sp³-hybridized carbons (Fsp3) is 0.412. The van der Waals surface area contributed by atoms with E-state index < -0.39 is 10.8 Å². The third kappa shape index (κ3) is 2.84. The van der Waals surface area contributed by atoms with Gasteiger partial charge in [-0.2, -0.15) is 0 Å². The van der Waals surface area contributed by atoms with Gasteiger partial charge in [0.25, 0.3) is 0 Å². The first-order valence-electron chi connectivity index (χ1n) is 6.94. The van der Waals surface area contributed by atoms with Crippen LogP contribution in [0.1, 0.15) is 33.1 Å². The molecule has 2 aliphatic carbocycles. The molecule has 112 valence electrons. The third-order valence-electron chi connectivity index (χ3n) is 4.34. The summed E-state index contributed by atoms with van der Waals surface area (Å²) in [6.07, 6.45) is 9.24. The van der Waals surface area contributed by atoms with Crippen molar-refractivity contribution in [1.29, 1.82) is 0 Å². The lowest BCUT2D eigenvalue weighted by atomic mass is 9.65. The van der Waals surface area contributed by atoms with Crippen molar-refractivity contribution in [2.45, 2.75) is 33.1 Å². The van der Waals surface area contributed by atoms with Crippen LogP contribution in [0.15, 0.2) is 47.0 Å². The van der Waals surface area contributed by atoms with Crippen LogP contribution in [0, 0.1) is 10.8 Å². The van der Waals surface area contributed by atoms with Crippen molar-refractivity contribution >= 4 is 12.6 Å². The number of aliphatic hydroxyl groups is 2. The molecule has 0 heterocycles. The molecule has 0 aromatic carbocycles. The SMILES string of the molecule is CC1=C(O)C=CC(C=O)(CC2(C=O)C=CC(O)=C(C)C2)C1. The van der Waals surface area contributed by atoms with Gasteiger partial charge in [-0.15, -0.1) is 0 Å². The van der Waals surface area contributed by atoms with Gasteiger partial charge in [-0.25, -0.2) is 0 Å². The molecular formula is C17H20O4.